The van der Waals surface area contributed by atoms with E-state index < -0.39 is 5.41 Å². The van der Waals surface area contributed by atoms with Crippen molar-refractivity contribution >= 4 is 71.7 Å². The van der Waals surface area contributed by atoms with Crippen LogP contribution in [0.3, 0.4) is 0 Å². The van der Waals surface area contributed by atoms with Crippen molar-refractivity contribution in [1.29, 1.82) is 0 Å². The van der Waals surface area contributed by atoms with Crippen molar-refractivity contribution in [3.05, 3.63) is 271 Å². The normalized spacial score (nSPS) is 12.8. The molecule has 0 atom stereocenters. The highest BCUT2D eigenvalue weighted by molar-refractivity contribution is 6.25. The second-order valence-corrected chi connectivity index (χ2v) is 17.9. The molecule has 3 heteroatoms. The topological polar surface area (TPSA) is 29.5 Å². The highest BCUT2D eigenvalue weighted by Gasteiger charge is 2.46. The molecule has 3 nitrogen and oxygen atoms in total. The highest BCUT2D eigenvalue weighted by Crippen LogP contribution is 2.57. The number of fused-ring (bicyclic) bond motifs is 10. The van der Waals surface area contributed by atoms with Crippen LogP contribution in [-0.2, 0) is 5.41 Å². The molecule has 0 N–H and O–H groups in total. The van der Waals surface area contributed by atoms with Gasteiger partial charge in [0.05, 0.1) is 5.41 Å². The number of hydrogen-bond acceptors (Lipinski definition) is 3. The number of furan rings is 2. The van der Waals surface area contributed by atoms with Gasteiger partial charge < -0.3 is 13.7 Å². The zero-order valence-electron chi connectivity index (χ0n) is 36.9. The van der Waals surface area contributed by atoms with Gasteiger partial charge in [-0.2, -0.15) is 0 Å². The number of benzene rings is 11. The predicted molar refractivity (Wildman–Crippen MR) is 281 cm³/mol. The SMILES string of the molecule is c1ccc(-c2ccc(N(c3ccc4c(c3)C(c3ccccc3)(c3ccccc3)c3ccccc3-4)c3ccc4oc5c(-c6cccc7ccccc67)c6c(cc5c4c3)oc3ccccc36)cc2)cc1. The number of para-hydroxylation sites is 1. The summed E-state index contributed by atoms with van der Waals surface area (Å²) in [7, 11) is 0. The lowest BCUT2D eigenvalue weighted by molar-refractivity contribution is 0.664. The summed E-state index contributed by atoms with van der Waals surface area (Å²) >= 11 is 0. The van der Waals surface area contributed by atoms with E-state index in [1.807, 2.05) is 6.07 Å². The smallest absolute Gasteiger partial charge is 0.144 e. The Balaban J connectivity index is 1.03. The van der Waals surface area contributed by atoms with Gasteiger partial charge in [-0.05, 0) is 115 Å². The molecule has 1 aliphatic carbocycles. The standard InChI is InChI=1S/C65H41NO2/c1-4-17-42(18-5-1)43-31-33-47(34-32-43)66(49-35-37-52-51-26-12-14-29-57(51)65(58(52)40-49,45-21-6-2-7-22-45)46-23-8-3-9-24-46)48-36-38-60-55(39-48)56-41-61-62(54-27-13-15-30-59(54)67-61)63(64(56)68-60)53-28-16-20-44-19-10-11-25-50(44)53/h1-41H. The minimum atomic E-state index is -0.548. The van der Waals surface area contributed by atoms with Crippen LogP contribution in [0.25, 0.3) is 88.0 Å². The third-order valence-corrected chi connectivity index (χ3v) is 14.3. The number of anilines is 3. The molecule has 0 spiro atoms. The van der Waals surface area contributed by atoms with Crippen molar-refractivity contribution in [3.8, 4) is 33.4 Å². The number of hydrogen-bond donors (Lipinski definition) is 0. The average Bonchev–Trinajstić information content (AvgIpc) is 4.07. The van der Waals surface area contributed by atoms with E-state index in [0.29, 0.717) is 0 Å². The summed E-state index contributed by atoms with van der Waals surface area (Å²) in [5.41, 5.74) is 17.9. The van der Waals surface area contributed by atoms with Crippen LogP contribution in [-0.4, -0.2) is 0 Å². The fourth-order valence-corrected chi connectivity index (χ4v) is 11.4. The molecule has 2 aromatic heterocycles. The third-order valence-electron chi connectivity index (χ3n) is 14.3. The second kappa shape index (κ2) is 15.1. The quantitative estimate of drug-likeness (QED) is 0.160. The van der Waals surface area contributed by atoms with Crippen LogP contribution in [0.4, 0.5) is 17.1 Å². The van der Waals surface area contributed by atoms with E-state index in [9.17, 15) is 0 Å². The molecule has 0 fully saturated rings. The van der Waals surface area contributed by atoms with Gasteiger partial charge in [0, 0.05) is 44.2 Å². The van der Waals surface area contributed by atoms with Crippen LogP contribution in [0, 0.1) is 0 Å². The molecule has 1 aliphatic rings. The lowest BCUT2D eigenvalue weighted by atomic mass is 9.67. The largest absolute Gasteiger partial charge is 0.456 e. The Morgan fingerprint density at radius 2 is 0.897 bits per heavy atom. The molecule has 0 radical (unpaired) electrons. The minimum Gasteiger partial charge on any atom is -0.456 e. The molecule has 0 amide bonds. The summed E-state index contributed by atoms with van der Waals surface area (Å²) in [5.74, 6) is 0. The Morgan fingerprint density at radius 1 is 0.324 bits per heavy atom. The van der Waals surface area contributed by atoms with Crippen molar-refractivity contribution in [3.63, 3.8) is 0 Å². The Labute approximate surface area is 393 Å². The van der Waals surface area contributed by atoms with Crippen molar-refractivity contribution in [2.75, 3.05) is 4.90 Å². The summed E-state index contributed by atoms with van der Waals surface area (Å²) in [5, 5.41) is 6.50. The van der Waals surface area contributed by atoms with Gasteiger partial charge in [-0.15, -0.1) is 0 Å². The van der Waals surface area contributed by atoms with E-state index in [-0.39, 0.29) is 0 Å². The molecular weight excluding hydrogens is 827 g/mol. The summed E-state index contributed by atoms with van der Waals surface area (Å²) in [6, 6.07) is 89.9. The summed E-state index contributed by atoms with van der Waals surface area (Å²) < 4.78 is 13.8. The van der Waals surface area contributed by atoms with Crippen molar-refractivity contribution in [1.82, 2.24) is 0 Å². The first-order valence-corrected chi connectivity index (χ1v) is 23.3. The first kappa shape index (κ1) is 38.4. The van der Waals surface area contributed by atoms with Crippen LogP contribution < -0.4 is 4.90 Å². The fourth-order valence-electron chi connectivity index (χ4n) is 11.4. The van der Waals surface area contributed by atoms with Crippen molar-refractivity contribution in [2.45, 2.75) is 5.41 Å². The Bertz CT molecular complexity index is 4030. The van der Waals surface area contributed by atoms with Gasteiger partial charge in [-0.1, -0.05) is 194 Å². The van der Waals surface area contributed by atoms with Crippen LogP contribution in [0.5, 0.6) is 0 Å². The molecular formula is C65H41NO2. The molecule has 0 aliphatic heterocycles. The second-order valence-electron chi connectivity index (χ2n) is 17.9. The highest BCUT2D eigenvalue weighted by atomic mass is 16.3. The minimum absolute atomic E-state index is 0.548. The maximum absolute atomic E-state index is 7.09. The van der Waals surface area contributed by atoms with Gasteiger partial charge in [0.15, 0.2) is 0 Å². The van der Waals surface area contributed by atoms with E-state index in [4.69, 9.17) is 8.83 Å². The van der Waals surface area contributed by atoms with Gasteiger partial charge >= 0.3 is 0 Å². The third kappa shape index (κ3) is 5.66. The molecule has 318 valence electrons. The maximum Gasteiger partial charge on any atom is 0.144 e. The van der Waals surface area contributed by atoms with Gasteiger partial charge in [0.25, 0.3) is 0 Å². The van der Waals surface area contributed by atoms with Crippen molar-refractivity contribution < 1.29 is 8.83 Å². The molecule has 11 aromatic carbocycles. The van der Waals surface area contributed by atoms with Crippen LogP contribution in [0.2, 0.25) is 0 Å². The molecule has 2 heterocycles. The predicted octanol–water partition coefficient (Wildman–Crippen LogP) is 17.8. The van der Waals surface area contributed by atoms with E-state index in [1.54, 1.807) is 0 Å². The van der Waals surface area contributed by atoms with E-state index >= 15 is 0 Å². The van der Waals surface area contributed by atoms with Crippen LogP contribution >= 0.6 is 0 Å². The zero-order valence-corrected chi connectivity index (χ0v) is 36.9. The van der Waals surface area contributed by atoms with Crippen LogP contribution in [0.15, 0.2) is 258 Å². The Hall–Kier alpha value is -8.92. The molecule has 14 rings (SSSR count). The number of nitrogens with zero attached hydrogens (tertiary/aromatic N) is 1. The van der Waals surface area contributed by atoms with Gasteiger partial charge in [-0.25, -0.2) is 0 Å². The monoisotopic (exact) mass is 867 g/mol. The summed E-state index contributed by atoms with van der Waals surface area (Å²) in [6.07, 6.45) is 0. The van der Waals surface area contributed by atoms with E-state index in [2.05, 4.69) is 248 Å². The molecule has 68 heavy (non-hydrogen) atoms. The molecule has 0 saturated heterocycles. The van der Waals surface area contributed by atoms with E-state index in [0.717, 1.165) is 77.6 Å². The zero-order chi connectivity index (χ0) is 44.8. The van der Waals surface area contributed by atoms with Gasteiger partial charge in [-0.3, -0.25) is 0 Å². The molecule has 0 saturated carbocycles. The van der Waals surface area contributed by atoms with E-state index in [1.165, 1.54) is 49.7 Å². The Morgan fingerprint density at radius 3 is 1.69 bits per heavy atom. The van der Waals surface area contributed by atoms with Crippen molar-refractivity contribution in [2.24, 2.45) is 0 Å². The fraction of sp³-hybridized carbons (Fsp3) is 0.0154. The molecule has 0 unspecified atom stereocenters. The Kier molecular flexibility index (Phi) is 8.50. The van der Waals surface area contributed by atoms with Gasteiger partial charge in [0.1, 0.15) is 22.3 Å². The summed E-state index contributed by atoms with van der Waals surface area (Å²) in [4.78, 5) is 2.41. The molecule has 0 bridgehead atoms. The maximum atomic E-state index is 7.09. The number of rotatable bonds is 7. The summed E-state index contributed by atoms with van der Waals surface area (Å²) in [6.45, 7) is 0. The first-order chi connectivity index (χ1) is 33.7. The first-order valence-electron chi connectivity index (χ1n) is 23.3. The van der Waals surface area contributed by atoms with Crippen LogP contribution in [0.1, 0.15) is 22.3 Å². The average molecular weight is 868 g/mol. The lowest BCUT2D eigenvalue weighted by Crippen LogP contribution is -2.28. The molecule has 13 aromatic rings. The lowest BCUT2D eigenvalue weighted by Gasteiger charge is -2.35. The van der Waals surface area contributed by atoms with Gasteiger partial charge in [0.2, 0.25) is 0 Å².